The SMILES string of the molecule is Cc1ccc([N+](=O)[O-])cc1CCCC(N)=O. The van der Waals surface area contributed by atoms with Crippen molar-refractivity contribution in [3.05, 3.63) is 39.4 Å². The quantitative estimate of drug-likeness (QED) is 0.607. The van der Waals surface area contributed by atoms with E-state index in [1.165, 1.54) is 6.07 Å². The van der Waals surface area contributed by atoms with Crippen molar-refractivity contribution in [2.45, 2.75) is 26.2 Å². The lowest BCUT2D eigenvalue weighted by Crippen LogP contribution is -2.10. The Balaban J connectivity index is 2.74. The molecule has 16 heavy (non-hydrogen) atoms. The van der Waals surface area contributed by atoms with Crippen molar-refractivity contribution in [3.8, 4) is 0 Å². The van der Waals surface area contributed by atoms with E-state index in [4.69, 9.17) is 5.73 Å². The maximum absolute atomic E-state index is 10.6. The fourth-order valence-electron chi connectivity index (χ4n) is 1.49. The number of amides is 1. The van der Waals surface area contributed by atoms with Crippen molar-refractivity contribution < 1.29 is 9.72 Å². The summed E-state index contributed by atoms with van der Waals surface area (Å²) in [5.41, 5.74) is 7.00. The zero-order chi connectivity index (χ0) is 12.1. The van der Waals surface area contributed by atoms with Crippen molar-refractivity contribution >= 4 is 11.6 Å². The molecule has 0 saturated carbocycles. The molecule has 5 nitrogen and oxygen atoms in total. The van der Waals surface area contributed by atoms with Gasteiger partial charge in [-0.3, -0.25) is 14.9 Å². The Morgan fingerprint density at radius 3 is 2.75 bits per heavy atom. The normalized spacial score (nSPS) is 10.1. The standard InChI is InChI=1S/C11H14N2O3/c1-8-5-6-10(13(15)16)7-9(8)3-2-4-11(12)14/h5-7H,2-4H2,1H3,(H2,12,14). The number of carbonyl (C=O) groups is 1. The molecule has 0 aromatic heterocycles. The maximum Gasteiger partial charge on any atom is 0.269 e. The van der Waals surface area contributed by atoms with E-state index < -0.39 is 4.92 Å². The van der Waals surface area contributed by atoms with Gasteiger partial charge in [0, 0.05) is 18.6 Å². The minimum atomic E-state index is -0.420. The summed E-state index contributed by atoms with van der Waals surface area (Å²) in [6.07, 6.45) is 1.57. The predicted octanol–water partition coefficient (Wildman–Crippen LogP) is 1.71. The van der Waals surface area contributed by atoms with Crippen molar-refractivity contribution in [1.82, 2.24) is 0 Å². The maximum atomic E-state index is 10.6. The topological polar surface area (TPSA) is 86.2 Å². The Morgan fingerprint density at radius 2 is 2.19 bits per heavy atom. The first-order valence-electron chi connectivity index (χ1n) is 5.03. The highest BCUT2D eigenvalue weighted by atomic mass is 16.6. The zero-order valence-corrected chi connectivity index (χ0v) is 9.10. The summed E-state index contributed by atoms with van der Waals surface area (Å²) >= 11 is 0. The highest BCUT2D eigenvalue weighted by molar-refractivity contribution is 5.73. The highest BCUT2D eigenvalue weighted by Gasteiger charge is 2.08. The van der Waals surface area contributed by atoms with Crippen molar-refractivity contribution in [2.24, 2.45) is 5.73 Å². The molecule has 0 heterocycles. The summed E-state index contributed by atoms with van der Waals surface area (Å²) < 4.78 is 0. The molecule has 1 aromatic carbocycles. The fourth-order valence-corrected chi connectivity index (χ4v) is 1.49. The molecule has 0 aliphatic heterocycles. The van der Waals surface area contributed by atoms with Gasteiger partial charge in [0.15, 0.2) is 0 Å². The summed E-state index contributed by atoms with van der Waals surface area (Å²) in [6, 6.07) is 4.75. The van der Waals surface area contributed by atoms with Gasteiger partial charge in [0.2, 0.25) is 5.91 Å². The molecule has 0 unspecified atom stereocenters. The largest absolute Gasteiger partial charge is 0.370 e. The van der Waals surface area contributed by atoms with Crippen LogP contribution < -0.4 is 5.73 Å². The van der Waals surface area contributed by atoms with Gasteiger partial charge in [0.05, 0.1) is 4.92 Å². The summed E-state index contributed by atoms with van der Waals surface area (Å²) in [4.78, 5) is 20.7. The van der Waals surface area contributed by atoms with Crippen LogP contribution in [0.25, 0.3) is 0 Å². The fraction of sp³-hybridized carbons (Fsp3) is 0.364. The lowest BCUT2D eigenvalue weighted by molar-refractivity contribution is -0.384. The molecular formula is C11H14N2O3. The van der Waals surface area contributed by atoms with E-state index in [9.17, 15) is 14.9 Å². The third-order valence-electron chi connectivity index (χ3n) is 2.41. The van der Waals surface area contributed by atoms with Gasteiger partial charge in [-0.1, -0.05) is 6.07 Å². The third kappa shape index (κ3) is 3.34. The minimum absolute atomic E-state index is 0.0830. The molecule has 0 spiro atoms. The number of benzene rings is 1. The van der Waals surface area contributed by atoms with E-state index >= 15 is 0 Å². The van der Waals surface area contributed by atoms with E-state index in [2.05, 4.69) is 0 Å². The van der Waals surface area contributed by atoms with E-state index in [1.807, 2.05) is 6.92 Å². The molecule has 0 bridgehead atoms. The number of aryl methyl sites for hydroxylation is 2. The highest BCUT2D eigenvalue weighted by Crippen LogP contribution is 2.18. The molecule has 1 rings (SSSR count). The Kier molecular flexibility index (Phi) is 3.99. The molecule has 0 radical (unpaired) electrons. The monoisotopic (exact) mass is 222 g/mol. The first-order valence-corrected chi connectivity index (χ1v) is 5.03. The van der Waals surface area contributed by atoms with Crippen LogP contribution in [0.1, 0.15) is 24.0 Å². The molecule has 0 atom stereocenters. The molecule has 1 aromatic rings. The van der Waals surface area contributed by atoms with Crippen LogP contribution >= 0.6 is 0 Å². The second-order valence-corrected chi connectivity index (χ2v) is 3.69. The molecule has 1 amide bonds. The van der Waals surface area contributed by atoms with Crippen LogP contribution in [0.5, 0.6) is 0 Å². The molecule has 86 valence electrons. The first-order chi connectivity index (χ1) is 7.50. The number of hydrogen-bond acceptors (Lipinski definition) is 3. The van der Waals surface area contributed by atoms with Gasteiger partial charge in [-0.15, -0.1) is 0 Å². The number of nitrogens with two attached hydrogens (primary N) is 1. The summed E-state index contributed by atoms with van der Waals surface area (Å²) in [7, 11) is 0. The van der Waals surface area contributed by atoms with Crippen LogP contribution in [0.15, 0.2) is 18.2 Å². The summed E-state index contributed by atoms with van der Waals surface area (Å²) in [5, 5.41) is 10.6. The second kappa shape index (κ2) is 5.25. The predicted molar refractivity (Wildman–Crippen MR) is 60.0 cm³/mol. The molecule has 5 heteroatoms. The molecule has 0 saturated heterocycles. The number of hydrogen-bond donors (Lipinski definition) is 1. The molecule has 0 aliphatic rings. The smallest absolute Gasteiger partial charge is 0.269 e. The summed E-state index contributed by atoms with van der Waals surface area (Å²) in [5.74, 6) is -0.344. The van der Waals surface area contributed by atoms with Gasteiger partial charge in [0.1, 0.15) is 0 Å². The van der Waals surface area contributed by atoms with Gasteiger partial charge in [-0.25, -0.2) is 0 Å². The number of nitrogens with zero attached hydrogens (tertiary/aromatic N) is 1. The van der Waals surface area contributed by atoms with Crippen molar-refractivity contribution in [1.29, 1.82) is 0 Å². The van der Waals surface area contributed by atoms with Crippen LogP contribution in [0.3, 0.4) is 0 Å². The van der Waals surface area contributed by atoms with Gasteiger partial charge in [-0.05, 0) is 30.9 Å². The van der Waals surface area contributed by atoms with Gasteiger partial charge < -0.3 is 5.73 Å². The average Bonchev–Trinajstić information content (AvgIpc) is 2.20. The summed E-state index contributed by atoms with van der Waals surface area (Å²) in [6.45, 7) is 1.89. The van der Waals surface area contributed by atoms with Crippen LogP contribution in [-0.2, 0) is 11.2 Å². The number of carbonyl (C=O) groups excluding carboxylic acids is 1. The number of nitro groups is 1. The van der Waals surface area contributed by atoms with E-state index in [0.29, 0.717) is 19.3 Å². The Hall–Kier alpha value is -1.91. The number of primary amides is 1. The van der Waals surface area contributed by atoms with E-state index in [1.54, 1.807) is 12.1 Å². The van der Waals surface area contributed by atoms with Crippen LogP contribution in [0.2, 0.25) is 0 Å². The van der Waals surface area contributed by atoms with Crippen molar-refractivity contribution in [3.63, 3.8) is 0 Å². The van der Waals surface area contributed by atoms with Crippen LogP contribution in [-0.4, -0.2) is 10.8 Å². The molecule has 0 fully saturated rings. The van der Waals surface area contributed by atoms with Crippen LogP contribution in [0, 0.1) is 17.0 Å². The van der Waals surface area contributed by atoms with Crippen molar-refractivity contribution in [2.75, 3.05) is 0 Å². The van der Waals surface area contributed by atoms with Gasteiger partial charge >= 0.3 is 0 Å². The average molecular weight is 222 g/mol. The third-order valence-corrected chi connectivity index (χ3v) is 2.41. The number of rotatable bonds is 5. The van der Waals surface area contributed by atoms with Gasteiger partial charge in [-0.2, -0.15) is 0 Å². The molecular weight excluding hydrogens is 208 g/mol. The minimum Gasteiger partial charge on any atom is -0.370 e. The zero-order valence-electron chi connectivity index (χ0n) is 9.10. The Labute approximate surface area is 93.4 Å². The first kappa shape index (κ1) is 12.2. The van der Waals surface area contributed by atoms with Crippen LogP contribution in [0.4, 0.5) is 5.69 Å². The number of nitro benzene ring substituents is 1. The lowest BCUT2D eigenvalue weighted by atomic mass is 10.0. The second-order valence-electron chi connectivity index (χ2n) is 3.69. The van der Waals surface area contributed by atoms with E-state index in [0.717, 1.165) is 11.1 Å². The van der Waals surface area contributed by atoms with Gasteiger partial charge in [0.25, 0.3) is 5.69 Å². The Morgan fingerprint density at radius 1 is 1.50 bits per heavy atom. The Bertz CT molecular complexity index is 416. The van der Waals surface area contributed by atoms with E-state index in [-0.39, 0.29) is 11.6 Å². The molecule has 0 aliphatic carbocycles. The number of non-ortho nitro benzene ring substituents is 1. The molecule has 2 N–H and O–H groups in total. The lowest BCUT2D eigenvalue weighted by Gasteiger charge is -2.04.